The van der Waals surface area contributed by atoms with Crippen molar-refractivity contribution in [2.24, 2.45) is 0 Å². The molecular formula is C63H107NO8P+. The van der Waals surface area contributed by atoms with E-state index in [4.69, 9.17) is 18.5 Å². The number of quaternary nitrogens is 1. The van der Waals surface area contributed by atoms with Crippen molar-refractivity contribution in [3.63, 3.8) is 0 Å². The fourth-order valence-electron chi connectivity index (χ4n) is 7.34. The Labute approximate surface area is 448 Å². The molecule has 0 aromatic rings. The van der Waals surface area contributed by atoms with E-state index in [0.717, 1.165) is 96.3 Å². The van der Waals surface area contributed by atoms with Crippen LogP contribution < -0.4 is 0 Å². The van der Waals surface area contributed by atoms with Crippen LogP contribution in [0.25, 0.3) is 0 Å². The summed E-state index contributed by atoms with van der Waals surface area (Å²) in [6.07, 6.45) is 75.6. The first kappa shape index (κ1) is 69.4. The lowest BCUT2D eigenvalue weighted by Crippen LogP contribution is -2.37. The first-order valence-corrected chi connectivity index (χ1v) is 30.3. The van der Waals surface area contributed by atoms with E-state index in [1.807, 2.05) is 21.1 Å². The third kappa shape index (κ3) is 57.5. The fraction of sp³-hybridized carbons (Fsp3) is 0.651. The van der Waals surface area contributed by atoms with Gasteiger partial charge in [-0.25, -0.2) is 4.57 Å². The van der Waals surface area contributed by atoms with Crippen molar-refractivity contribution in [3.05, 3.63) is 122 Å². The largest absolute Gasteiger partial charge is 0.472 e. The summed E-state index contributed by atoms with van der Waals surface area (Å²) in [7, 11) is 1.43. The molecule has 2 unspecified atom stereocenters. The van der Waals surface area contributed by atoms with Gasteiger partial charge >= 0.3 is 19.8 Å². The zero-order chi connectivity index (χ0) is 53.5. The Kier molecular flexibility index (Phi) is 50.6. The average Bonchev–Trinajstić information content (AvgIpc) is 3.35. The number of carbonyl (C=O) groups excluding carboxylic acids is 2. The second-order valence-corrected chi connectivity index (χ2v) is 21.4. The van der Waals surface area contributed by atoms with Gasteiger partial charge in [0.2, 0.25) is 0 Å². The molecule has 0 heterocycles. The van der Waals surface area contributed by atoms with Crippen LogP contribution in [0.4, 0.5) is 0 Å². The molecule has 1 N–H and O–H groups in total. The van der Waals surface area contributed by atoms with Crippen molar-refractivity contribution < 1.29 is 42.1 Å². The van der Waals surface area contributed by atoms with Gasteiger partial charge in [0.05, 0.1) is 27.7 Å². The summed E-state index contributed by atoms with van der Waals surface area (Å²) in [6, 6.07) is 0. The summed E-state index contributed by atoms with van der Waals surface area (Å²) in [5.41, 5.74) is 0. The van der Waals surface area contributed by atoms with Crippen LogP contribution in [-0.2, 0) is 32.7 Å². The number of likely N-dealkylation sites (N-methyl/N-ethyl adjacent to an activating group) is 1. The van der Waals surface area contributed by atoms with Gasteiger partial charge in [-0.15, -0.1) is 0 Å². The lowest BCUT2D eigenvalue weighted by molar-refractivity contribution is -0.870. The molecule has 0 saturated heterocycles. The number of allylic oxidation sites excluding steroid dienone is 20. The maximum Gasteiger partial charge on any atom is 0.472 e. The molecule has 0 aromatic heterocycles. The van der Waals surface area contributed by atoms with Crippen LogP contribution in [0.5, 0.6) is 0 Å². The van der Waals surface area contributed by atoms with Gasteiger partial charge in [-0.3, -0.25) is 18.6 Å². The molecule has 10 heteroatoms. The van der Waals surface area contributed by atoms with Crippen molar-refractivity contribution in [2.75, 3.05) is 47.5 Å². The number of phosphoric ester groups is 1. The molecule has 0 rings (SSSR count). The van der Waals surface area contributed by atoms with Crippen LogP contribution in [0.15, 0.2) is 122 Å². The zero-order valence-corrected chi connectivity index (χ0v) is 48.0. The SMILES string of the molecule is CC/C=C\C/C=C\C/C=C\C/C=C\C/C=C\C/C=C\C/C=C\C/C=C\C/C=C\C/C=C\CCCCC(=O)OC(COC(=O)CCCCCCCCCCCCCCCCCC)COP(=O)(O)OCC[N+](C)(C)C. The summed E-state index contributed by atoms with van der Waals surface area (Å²) >= 11 is 0. The number of ether oxygens (including phenoxy) is 2. The summed E-state index contributed by atoms with van der Waals surface area (Å²) in [6.45, 7) is 4.26. The standard InChI is InChI=1S/C63H106NO8P/c1-6-8-10-12-14-16-18-20-22-24-25-26-27-28-29-30-31-32-33-34-35-36-37-38-39-40-42-44-46-48-50-52-54-56-63(66)72-61(60-71-73(67,68)70-58-57-64(3,4)5)59-69-62(65)55-53-51-49-47-45-43-41-23-21-19-17-15-13-11-9-7-2/h8,10,14,16,20,22,25-26,28-29,31-32,34-35,37-38,40,42,46,48,61H,6-7,9,11-13,15,17-19,21,23-24,27,30,33,36,39,41,43-45,47,49-60H2,1-5H3/p+1/b10-8-,16-14-,22-20-,26-25-,29-28-,32-31-,35-34-,38-37-,42-40-,48-46-. The van der Waals surface area contributed by atoms with E-state index in [-0.39, 0.29) is 32.0 Å². The Balaban J connectivity index is 4.29. The Morgan fingerprint density at radius 2 is 0.781 bits per heavy atom. The van der Waals surface area contributed by atoms with E-state index in [1.165, 1.54) is 83.5 Å². The van der Waals surface area contributed by atoms with E-state index >= 15 is 0 Å². The molecule has 0 aromatic carbocycles. The number of phosphoric acid groups is 1. The normalized spacial score (nSPS) is 14.2. The van der Waals surface area contributed by atoms with Crippen LogP contribution in [-0.4, -0.2) is 74.9 Å². The molecule has 2 atom stereocenters. The smallest absolute Gasteiger partial charge is 0.462 e. The van der Waals surface area contributed by atoms with Crippen LogP contribution in [0.3, 0.4) is 0 Å². The minimum atomic E-state index is -4.40. The fourth-order valence-corrected chi connectivity index (χ4v) is 8.08. The molecular weight excluding hydrogens is 930 g/mol. The maximum absolute atomic E-state index is 12.8. The van der Waals surface area contributed by atoms with E-state index in [9.17, 15) is 19.0 Å². The molecule has 0 aliphatic rings. The van der Waals surface area contributed by atoms with Gasteiger partial charge in [-0.1, -0.05) is 232 Å². The second kappa shape index (κ2) is 53.2. The first-order valence-electron chi connectivity index (χ1n) is 28.8. The highest BCUT2D eigenvalue weighted by molar-refractivity contribution is 7.47. The lowest BCUT2D eigenvalue weighted by Gasteiger charge is -2.24. The zero-order valence-electron chi connectivity index (χ0n) is 47.1. The first-order chi connectivity index (χ1) is 35.5. The number of nitrogens with zero attached hydrogens (tertiary/aromatic N) is 1. The molecule has 0 aliphatic heterocycles. The Hall–Kier alpha value is -3.59. The number of hydrogen-bond acceptors (Lipinski definition) is 7. The molecule has 0 radical (unpaired) electrons. The predicted molar refractivity (Wildman–Crippen MR) is 311 cm³/mol. The Morgan fingerprint density at radius 1 is 0.438 bits per heavy atom. The molecule has 0 aliphatic carbocycles. The topological polar surface area (TPSA) is 108 Å². The van der Waals surface area contributed by atoms with Crippen molar-refractivity contribution >= 4 is 19.8 Å². The quantitative estimate of drug-likeness (QED) is 0.0211. The van der Waals surface area contributed by atoms with Crippen LogP contribution >= 0.6 is 7.82 Å². The van der Waals surface area contributed by atoms with Gasteiger partial charge in [0.15, 0.2) is 6.10 Å². The van der Waals surface area contributed by atoms with Crippen LogP contribution in [0.2, 0.25) is 0 Å². The van der Waals surface area contributed by atoms with E-state index in [0.29, 0.717) is 17.4 Å². The number of hydrogen-bond donors (Lipinski definition) is 1. The highest BCUT2D eigenvalue weighted by atomic mass is 31.2. The third-order valence-electron chi connectivity index (χ3n) is 11.8. The van der Waals surface area contributed by atoms with Gasteiger partial charge in [-0.2, -0.15) is 0 Å². The molecule has 416 valence electrons. The number of esters is 2. The Bertz CT molecular complexity index is 1650. The molecule has 0 saturated carbocycles. The minimum absolute atomic E-state index is 0.0177. The molecule has 0 spiro atoms. The summed E-state index contributed by atoms with van der Waals surface area (Å²) in [5, 5.41) is 0. The van der Waals surface area contributed by atoms with Crippen molar-refractivity contribution in [2.45, 2.75) is 219 Å². The van der Waals surface area contributed by atoms with E-state index < -0.39 is 26.5 Å². The highest BCUT2D eigenvalue weighted by Crippen LogP contribution is 2.43. The van der Waals surface area contributed by atoms with Crippen molar-refractivity contribution in [3.8, 4) is 0 Å². The molecule has 9 nitrogen and oxygen atoms in total. The summed E-state index contributed by atoms with van der Waals surface area (Å²) in [5.74, 6) is -0.853. The van der Waals surface area contributed by atoms with Gasteiger partial charge in [0.25, 0.3) is 0 Å². The van der Waals surface area contributed by atoms with Gasteiger partial charge < -0.3 is 18.9 Å². The maximum atomic E-state index is 12.8. The summed E-state index contributed by atoms with van der Waals surface area (Å²) < 4.78 is 34.5. The third-order valence-corrected chi connectivity index (χ3v) is 12.7. The number of rotatable bonds is 51. The summed E-state index contributed by atoms with van der Waals surface area (Å²) in [4.78, 5) is 35.6. The van der Waals surface area contributed by atoms with Crippen molar-refractivity contribution in [1.29, 1.82) is 0 Å². The minimum Gasteiger partial charge on any atom is -0.462 e. The molecule has 0 amide bonds. The van der Waals surface area contributed by atoms with Crippen LogP contribution in [0.1, 0.15) is 213 Å². The predicted octanol–water partition coefficient (Wildman–Crippen LogP) is 18.0. The monoisotopic (exact) mass is 1040 g/mol. The molecule has 0 fully saturated rings. The van der Waals surface area contributed by atoms with Gasteiger partial charge in [0, 0.05) is 12.8 Å². The molecule has 0 bridgehead atoms. The van der Waals surface area contributed by atoms with E-state index in [1.54, 1.807) is 0 Å². The van der Waals surface area contributed by atoms with Gasteiger partial charge in [0.1, 0.15) is 19.8 Å². The number of unbranched alkanes of at least 4 members (excludes halogenated alkanes) is 17. The van der Waals surface area contributed by atoms with Crippen molar-refractivity contribution in [1.82, 2.24) is 0 Å². The molecule has 73 heavy (non-hydrogen) atoms. The average molecular weight is 1040 g/mol. The number of carbonyl (C=O) groups is 2. The second-order valence-electron chi connectivity index (χ2n) is 19.9. The van der Waals surface area contributed by atoms with E-state index in [2.05, 4.69) is 135 Å². The Morgan fingerprint density at radius 3 is 1.16 bits per heavy atom. The highest BCUT2D eigenvalue weighted by Gasteiger charge is 2.27. The lowest BCUT2D eigenvalue weighted by atomic mass is 10.0. The van der Waals surface area contributed by atoms with Crippen LogP contribution in [0, 0.1) is 0 Å². The van der Waals surface area contributed by atoms with Gasteiger partial charge in [-0.05, 0) is 89.9 Å².